The molecule has 7 heteroatoms. The zero-order valence-electron chi connectivity index (χ0n) is 14.0. The number of carbonyl (C=O) groups is 1. The maximum Gasteiger partial charge on any atom is 0.323 e. The lowest BCUT2D eigenvalue weighted by Crippen LogP contribution is -2.41. The predicted molar refractivity (Wildman–Crippen MR) is 88.3 cm³/mol. The van der Waals surface area contributed by atoms with E-state index < -0.39 is 0 Å². The minimum Gasteiger partial charge on any atom is -0.320 e. The van der Waals surface area contributed by atoms with Crippen LogP contribution in [0.1, 0.15) is 31.0 Å². The highest BCUT2D eigenvalue weighted by Gasteiger charge is 2.30. The molecule has 2 aromatic rings. The van der Waals surface area contributed by atoms with Crippen molar-refractivity contribution in [2.45, 2.75) is 45.7 Å². The number of hydrogen-bond donors (Lipinski definition) is 1. The van der Waals surface area contributed by atoms with E-state index in [4.69, 9.17) is 0 Å². The van der Waals surface area contributed by atoms with Gasteiger partial charge in [-0.05, 0) is 32.3 Å². The fraction of sp³-hybridized carbons (Fsp3) is 0.562. The summed E-state index contributed by atoms with van der Waals surface area (Å²) in [7, 11) is 1.87. The van der Waals surface area contributed by atoms with Gasteiger partial charge in [-0.3, -0.25) is 14.7 Å². The number of urea groups is 1. The van der Waals surface area contributed by atoms with Gasteiger partial charge in [-0.2, -0.15) is 10.2 Å². The first-order valence-corrected chi connectivity index (χ1v) is 8.17. The summed E-state index contributed by atoms with van der Waals surface area (Å²) in [5.41, 5.74) is 2.07. The Balaban J connectivity index is 1.71. The Bertz CT molecular complexity index is 675. The highest BCUT2D eigenvalue weighted by atomic mass is 16.2. The van der Waals surface area contributed by atoms with Crippen LogP contribution < -0.4 is 5.32 Å². The zero-order chi connectivity index (χ0) is 16.4. The van der Waals surface area contributed by atoms with E-state index in [1.807, 2.05) is 35.8 Å². The van der Waals surface area contributed by atoms with Crippen LogP contribution in [-0.4, -0.2) is 43.1 Å². The van der Waals surface area contributed by atoms with Gasteiger partial charge in [0.1, 0.15) is 5.82 Å². The van der Waals surface area contributed by atoms with E-state index in [0.29, 0.717) is 0 Å². The maximum absolute atomic E-state index is 12.7. The zero-order valence-corrected chi connectivity index (χ0v) is 14.0. The summed E-state index contributed by atoms with van der Waals surface area (Å²) in [6, 6.07) is 2.05. The van der Waals surface area contributed by atoms with Gasteiger partial charge in [-0.15, -0.1) is 0 Å². The standard InChI is InChI=1S/C16H24N6O/c1-4-14-12(2)15(20(3)19-14)18-16(23)22-10-5-7-13(22)11-21-9-6-8-17-21/h6,8-9,13H,4-5,7,10-11H2,1-3H3,(H,18,23)/t13-/m1/s1. The predicted octanol–water partition coefficient (Wildman–Crippen LogP) is 2.18. The van der Waals surface area contributed by atoms with Crippen molar-refractivity contribution in [1.29, 1.82) is 0 Å². The Hall–Kier alpha value is -2.31. The number of likely N-dealkylation sites (tertiary alicyclic amines) is 1. The molecule has 2 aromatic heterocycles. The first-order chi connectivity index (χ1) is 11.1. The minimum atomic E-state index is -0.0478. The Labute approximate surface area is 136 Å². The first kappa shape index (κ1) is 15.6. The maximum atomic E-state index is 12.7. The largest absolute Gasteiger partial charge is 0.323 e. The number of nitrogens with one attached hydrogen (secondary N) is 1. The minimum absolute atomic E-state index is 0.0478. The van der Waals surface area contributed by atoms with Crippen molar-refractivity contribution in [3.63, 3.8) is 0 Å². The molecule has 1 aliphatic heterocycles. The van der Waals surface area contributed by atoms with Crippen LogP contribution in [0.4, 0.5) is 10.6 Å². The number of hydrogen-bond acceptors (Lipinski definition) is 3. The van der Waals surface area contributed by atoms with Gasteiger partial charge in [-0.25, -0.2) is 4.79 Å². The molecule has 0 radical (unpaired) electrons. The number of amides is 2. The van der Waals surface area contributed by atoms with Crippen molar-refractivity contribution < 1.29 is 4.79 Å². The lowest BCUT2D eigenvalue weighted by Gasteiger charge is -2.25. The van der Waals surface area contributed by atoms with Crippen molar-refractivity contribution in [2.75, 3.05) is 11.9 Å². The first-order valence-electron chi connectivity index (χ1n) is 8.17. The molecule has 1 N–H and O–H groups in total. The summed E-state index contributed by atoms with van der Waals surface area (Å²) in [6.45, 7) is 5.61. The van der Waals surface area contributed by atoms with Crippen molar-refractivity contribution in [3.8, 4) is 0 Å². The average molecular weight is 316 g/mol. The van der Waals surface area contributed by atoms with Crippen LogP contribution in [0.5, 0.6) is 0 Å². The molecule has 3 rings (SSSR count). The third-order valence-electron chi connectivity index (χ3n) is 4.54. The molecule has 1 fully saturated rings. The number of carbonyl (C=O) groups excluding carboxylic acids is 1. The second-order valence-electron chi connectivity index (χ2n) is 6.05. The van der Waals surface area contributed by atoms with Crippen LogP contribution in [-0.2, 0) is 20.0 Å². The van der Waals surface area contributed by atoms with E-state index in [0.717, 1.165) is 49.4 Å². The SMILES string of the molecule is CCc1nn(C)c(NC(=O)N2CCC[C@@H]2Cn2cccn2)c1C. The molecule has 3 heterocycles. The molecule has 0 aliphatic carbocycles. The van der Waals surface area contributed by atoms with Gasteiger partial charge >= 0.3 is 6.03 Å². The molecular weight excluding hydrogens is 292 g/mol. The fourth-order valence-electron chi connectivity index (χ4n) is 3.29. The van der Waals surface area contributed by atoms with Crippen molar-refractivity contribution >= 4 is 11.8 Å². The van der Waals surface area contributed by atoms with E-state index >= 15 is 0 Å². The molecule has 0 bridgehead atoms. The van der Waals surface area contributed by atoms with E-state index in [1.165, 1.54) is 0 Å². The van der Waals surface area contributed by atoms with Gasteiger partial charge in [0.15, 0.2) is 0 Å². The van der Waals surface area contributed by atoms with E-state index in [9.17, 15) is 4.79 Å². The average Bonchev–Trinajstić information content (AvgIpc) is 3.25. The van der Waals surface area contributed by atoms with Crippen LogP contribution in [0.25, 0.3) is 0 Å². The molecule has 2 amide bonds. The Kier molecular flexibility index (Phi) is 4.36. The summed E-state index contributed by atoms with van der Waals surface area (Å²) in [4.78, 5) is 14.6. The van der Waals surface area contributed by atoms with Crippen LogP contribution in [0.15, 0.2) is 18.5 Å². The molecule has 7 nitrogen and oxygen atoms in total. The molecule has 1 aliphatic rings. The third kappa shape index (κ3) is 3.09. The number of nitrogens with zero attached hydrogens (tertiary/aromatic N) is 5. The second kappa shape index (κ2) is 6.44. The molecule has 0 saturated carbocycles. The molecule has 0 aromatic carbocycles. The summed E-state index contributed by atoms with van der Waals surface area (Å²) < 4.78 is 3.64. The lowest BCUT2D eigenvalue weighted by atomic mass is 10.2. The number of aromatic nitrogens is 4. The van der Waals surface area contributed by atoms with Crippen molar-refractivity contribution in [2.24, 2.45) is 7.05 Å². The van der Waals surface area contributed by atoms with Crippen molar-refractivity contribution in [1.82, 2.24) is 24.5 Å². The Morgan fingerprint density at radius 2 is 2.30 bits per heavy atom. The molecule has 23 heavy (non-hydrogen) atoms. The van der Waals surface area contributed by atoms with E-state index in [-0.39, 0.29) is 12.1 Å². The van der Waals surface area contributed by atoms with Gasteiger partial charge in [0.25, 0.3) is 0 Å². The summed E-state index contributed by atoms with van der Waals surface area (Å²) >= 11 is 0. The quantitative estimate of drug-likeness (QED) is 0.940. The summed E-state index contributed by atoms with van der Waals surface area (Å²) in [5.74, 6) is 0.789. The van der Waals surface area contributed by atoms with Gasteiger partial charge in [0, 0.05) is 31.5 Å². The number of rotatable bonds is 4. The smallest absolute Gasteiger partial charge is 0.320 e. The van der Waals surface area contributed by atoms with Gasteiger partial charge in [0.2, 0.25) is 0 Å². The molecule has 1 saturated heterocycles. The van der Waals surface area contributed by atoms with Crippen LogP contribution in [0, 0.1) is 6.92 Å². The highest BCUT2D eigenvalue weighted by molar-refractivity contribution is 5.89. The van der Waals surface area contributed by atoms with Gasteiger partial charge in [0.05, 0.1) is 18.3 Å². The molecular formula is C16H24N6O. The second-order valence-corrected chi connectivity index (χ2v) is 6.05. The van der Waals surface area contributed by atoms with Crippen molar-refractivity contribution in [3.05, 3.63) is 29.7 Å². The fourth-order valence-corrected chi connectivity index (χ4v) is 3.29. The molecule has 0 spiro atoms. The number of anilines is 1. The van der Waals surface area contributed by atoms with Crippen LogP contribution >= 0.6 is 0 Å². The topological polar surface area (TPSA) is 68.0 Å². The summed E-state index contributed by atoms with van der Waals surface area (Å²) in [6.07, 6.45) is 6.61. The van der Waals surface area contributed by atoms with Gasteiger partial charge in [-0.1, -0.05) is 6.92 Å². The molecule has 0 unspecified atom stereocenters. The third-order valence-corrected chi connectivity index (χ3v) is 4.54. The van der Waals surface area contributed by atoms with Gasteiger partial charge < -0.3 is 4.90 Å². The van der Waals surface area contributed by atoms with E-state index in [1.54, 1.807) is 10.9 Å². The number of aryl methyl sites for hydroxylation is 2. The van der Waals surface area contributed by atoms with Crippen LogP contribution in [0.2, 0.25) is 0 Å². The lowest BCUT2D eigenvalue weighted by molar-refractivity contribution is 0.199. The summed E-state index contributed by atoms with van der Waals surface area (Å²) in [5, 5.41) is 11.7. The molecule has 1 atom stereocenters. The monoisotopic (exact) mass is 316 g/mol. The Morgan fingerprint density at radius 1 is 1.48 bits per heavy atom. The van der Waals surface area contributed by atoms with E-state index in [2.05, 4.69) is 22.4 Å². The van der Waals surface area contributed by atoms with Crippen LogP contribution in [0.3, 0.4) is 0 Å². The normalized spacial score (nSPS) is 17.7. The molecule has 124 valence electrons. The highest BCUT2D eigenvalue weighted by Crippen LogP contribution is 2.23. The Morgan fingerprint density at radius 3 is 2.96 bits per heavy atom.